The third-order valence-corrected chi connectivity index (χ3v) is 5.79. The predicted molar refractivity (Wildman–Crippen MR) is 92.2 cm³/mol. The van der Waals surface area contributed by atoms with Gasteiger partial charge in [-0.05, 0) is 49.8 Å². The summed E-state index contributed by atoms with van der Waals surface area (Å²) >= 11 is 6.09. The van der Waals surface area contributed by atoms with E-state index in [1.165, 1.54) is 17.0 Å². The molecule has 2 fully saturated rings. The van der Waals surface area contributed by atoms with Gasteiger partial charge in [0.1, 0.15) is 0 Å². The average Bonchev–Trinajstić information content (AvgIpc) is 2.90. The van der Waals surface area contributed by atoms with Crippen molar-refractivity contribution in [3.05, 3.63) is 40.9 Å². The second-order valence-electron chi connectivity index (χ2n) is 6.74. The molecule has 0 aromatic heterocycles. The number of anilines is 1. The largest absolute Gasteiger partial charge is 0.462 e. The summed E-state index contributed by atoms with van der Waals surface area (Å²) in [6.45, 7) is 1.93. The van der Waals surface area contributed by atoms with E-state index in [0.717, 1.165) is 12.8 Å². The number of fused-ring (bicyclic) bond motifs is 1. The van der Waals surface area contributed by atoms with Crippen molar-refractivity contribution in [1.82, 2.24) is 0 Å². The fourth-order valence-corrected chi connectivity index (χ4v) is 4.54. The maximum absolute atomic E-state index is 13.0. The van der Waals surface area contributed by atoms with E-state index < -0.39 is 5.97 Å². The lowest BCUT2D eigenvalue weighted by atomic mass is 9.63. The van der Waals surface area contributed by atoms with E-state index in [2.05, 4.69) is 12.2 Å². The molecule has 0 N–H and O–H groups in total. The Hall–Kier alpha value is -2.14. The zero-order chi connectivity index (χ0) is 17.7. The number of hydrogen-bond acceptors (Lipinski definition) is 4. The maximum atomic E-state index is 13.0. The maximum Gasteiger partial charge on any atom is 0.339 e. The van der Waals surface area contributed by atoms with Gasteiger partial charge in [-0.1, -0.05) is 23.8 Å². The van der Waals surface area contributed by atoms with Gasteiger partial charge in [0.05, 0.1) is 34.7 Å². The smallest absolute Gasteiger partial charge is 0.339 e. The second kappa shape index (κ2) is 5.99. The normalized spacial score (nSPS) is 29.9. The van der Waals surface area contributed by atoms with Gasteiger partial charge < -0.3 is 4.74 Å². The molecule has 5 rings (SSSR count). The number of hydrogen-bond donors (Lipinski definition) is 0. The topological polar surface area (TPSA) is 63.7 Å². The van der Waals surface area contributed by atoms with Crippen LogP contribution in [0.1, 0.15) is 30.1 Å². The van der Waals surface area contributed by atoms with Crippen molar-refractivity contribution in [3.63, 3.8) is 0 Å². The third-order valence-electron chi connectivity index (χ3n) is 5.46. The summed E-state index contributed by atoms with van der Waals surface area (Å²) in [7, 11) is 0. The molecule has 2 amide bonds. The van der Waals surface area contributed by atoms with Gasteiger partial charge in [0.15, 0.2) is 0 Å². The van der Waals surface area contributed by atoms with Crippen LogP contribution in [-0.4, -0.2) is 24.4 Å². The van der Waals surface area contributed by atoms with E-state index >= 15 is 0 Å². The zero-order valence-electron chi connectivity index (χ0n) is 13.8. The number of imide groups is 1. The van der Waals surface area contributed by atoms with Gasteiger partial charge in [0, 0.05) is 0 Å². The van der Waals surface area contributed by atoms with E-state index in [-0.39, 0.29) is 52.7 Å². The van der Waals surface area contributed by atoms with Crippen LogP contribution in [0, 0.1) is 23.7 Å². The molecular weight excluding hydrogens is 342 g/mol. The van der Waals surface area contributed by atoms with Gasteiger partial charge in [-0.3, -0.25) is 9.59 Å². The minimum atomic E-state index is -0.562. The molecule has 1 aromatic carbocycles. The Labute approximate surface area is 150 Å². The van der Waals surface area contributed by atoms with Crippen LogP contribution in [0.15, 0.2) is 30.4 Å². The van der Waals surface area contributed by atoms with Gasteiger partial charge in [-0.2, -0.15) is 0 Å². The van der Waals surface area contributed by atoms with Crippen LogP contribution in [-0.2, 0) is 14.3 Å². The number of esters is 1. The number of rotatable bonds is 3. The number of amides is 2. The summed E-state index contributed by atoms with van der Waals surface area (Å²) < 4.78 is 5.00. The van der Waals surface area contributed by atoms with Crippen LogP contribution >= 0.6 is 11.6 Å². The second-order valence-corrected chi connectivity index (χ2v) is 7.15. The number of nitrogens with zero attached hydrogens (tertiary/aromatic N) is 1. The lowest BCUT2D eigenvalue weighted by Crippen LogP contribution is -2.38. The molecule has 1 heterocycles. The van der Waals surface area contributed by atoms with Crippen LogP contribution in [0.2, 0.25) is 5.02 Å². The molecule has 2 bridgehead atoms. The molecule has 3 aliphatic carbocycles. The van der Waals surface area contributed by atoms with Crippen LogP contribution in [0.5, 0.6) is 0 Å². The summed E-state index contributed by atoms with van der Waals surface area (Å²) in [4.78, 5) is 39.2. The minimum Gasteiger partial charge on any atom is -0.462 e. The molecule has 1 aromatic rings. The fourth-order valence-electron chi connectivity index (χ4n) is 4.35. The molecule has 1 saturated carbocycles. The number of allylic oxidation sites excluding steroid dienone is 2. The fraction of sp³-hybridized carbons (Fsp3) is 0.421. The molecular formula is C19H18ClNO4. The van der Waals surface area contributed by atoms with Crippen molar-refractivity contribution in [1.29, 1.82) is 0 Å². The highest BCUT2D eigenvalue weighted by Crippen LogP contribution is 2.50. The Kier molecular flexibility index (Phi) is 3.91. The number of carbonyl (C=O) groups excluding carboxylic acids is 3. The summed E-state index contributed by atoms with van der Waals surface area (Å²) in [5.41, 5.74) is 0.550. The summed E-state index contributed by atoms with van der Waals surface area (Å²) in [6, 6.07) is 4.61. The number of halogens is 1. The molecule has 1 saturated heterocycles. The molecule has 0 unspecified atom stereocenters. The lowest BCUT2D eigenvalue weighted by molar-refractivity contribution is -0.124. The Morgan fingerprint density at radius 3 is 2.28 bits per heavy atom. The Morgan fingerprint density at radius 2 is 1.76 bits per heavy atom. The number of ether oxygens (including phenoxy) is 1. The average molecular weight is 360 g/mol. The predicted octanol–water partition coefficient (Wildman–Crippen LogP) is 3.22. The van der Waals surface area contributed by atoms with Crippen LogP contribution in [0.3, 0.4) is 0 Å². The van der Waals surface area contributed by atoms with Gasteiger partial charge in [0.25, 0.3) is 0 Å². The Morgan fingerprint density at radius 1 is 1.16 bits per heavy atom. The van der Waals surface area contributed by atoms with Crippen molar-refractivity contribution in [2.75, 3.05) is 11.5 Å². The highest BCUT2D eigenvalue weighted by molar-refractivity contribution is 6.34. The van der Waals surface area contributed by atoms with E-state index in [9.17, 15) is 14.4 Å². The van der Waals surface area contributed by atoms with Gasteiger partial charge >= 0.3 is 5.97 Å². The van der Waals surface area contributed by atoms with Crippen molar-refractivity contribution in [2.45, 2.75) is 19.8 Å². The lowest BCUT2D eigenvalue weighted by Gasteiger charge is -2.38. The minimum absolute atomic E-state index is 0.133. The molecule has 4 aliphatic rings. The summed E-state index contributed by atoms with van der Waals surface area (Å²) in [5, 5.41) is 0.237. The highest BCUT2D eigenvalue weighted by Gasteiger charge is 2.56. The number of carbonyl (C=O) groups is 3. The van der Waals surface area contributed by atoms with Crippen molar-refractivity contribution in [2.24, 2.45) is 23.7 Å². The molecule has 5 nitrogen and oxygen atoms in total. The van der Waals surface area contributed by atoms with Crippen LogP contribution < -0.4 is 4.90 Å². The monoisotopic (exact) mass is 359 g/mol. The van der Waals surface area contributed by atoms with E-state index in [0.29, 0.717) is 5.69 Å². The van der Waals surface area contributed by atoms with Gasteiger partial charge in [0.2, 0.25) is 11.8 Å². The SMILES string of the molecule is CCOC(=O)c1cc(N2C(=O)[C@@H]3[C@@H](C2=O)[C@H]2C=C[C@@H]3CC2)ccc1Cl. The highest BCUT2D eigenvalue weighted by atomic mass is 35.5. The first-order chi connectivity index (χ1) is 12.0. The molecule has 1 aliphatic heterocycles. The zero-order valence-corrected chi connectivity index (χ0v) is 14.5. The molecule has 0 radical (unpaired) electrons. The first kappa shape index (κ1) is 16.3. The first-order valence-corrected chi connectivity index (χ1v) is 8.93. The molecule has 6 heteroatoms. The van der Waals surface area contributed by atoms with E-state index in [1.54, 1.807) is 13.0 Å². The number of benzene rings is 1. The first-order valence-electron chi connectivity index (χ1n) is 8.55. The van der Waals surface area contributed by atoms with E-state index in [4.69, 9.17) is 16.3 Å². The van der Waals surface area contributed by atoms with Crippen molar-refractivity contribution >= 4 is 35.1 Å². The van der Waals surface area contributed by atoms with Gasteiger partial charge in [-0.15, -0.1) is 0 Å². The van der Waals surface area contributed by atoms with E-state index in [1.807, 2.05) is 0 Å². The molecule has 0 spiro atoms. The molecule has 25 heavy (non-hydrogen) atoms. The van der Waals surface area contributed by atoms with Crippen molar-refractivity contribution in [3.8, 4) is 0 Å². The van der Waals surface area contributed by atoms with Crippen LogP contribution in [0.25, 0.3) is 0 Å². The molecule has 4 atom stereocenters. The van der Waals surface area contributed by atoms with Crippen LogP contribution in [0.4, 0.5) is 5.69 Å². The summed E-state index contributed by atoms with van der Waals surface area (Å²) in [6.07, 6.45) is 6.06. The Bertz CT molecular complexity index is 771. The molecule has 130 valence electrons. The Balaban J connectivity index is 1.71. The third kappa shape index (κ3) is 2.41. The quantitative estimate of drug-likeness (QED) is 0.472. The van der Waals surface area contributed by atoms with Gasteiger partial charge in [-0.25, -0.2) is 9.69 Å². The summed E-state index contributed by atoms with van der Waals surface area (Å²) in [5.74, 6) is -1.21. The van der Waals surface area contributed by atoms with Crippen molar-refractivity contribution < 1.29 is 19.1 Å². The standard InChI is InChI=1S/C19H18ClNO4/c1-2-25-19(24)13-9-12(7-8-14(13)20)21-17(22)15-10-3-4-11(6-5-10)16(15)18(21)23/h3-4,7-11,15-16H,2,5-6H2,1H3/t10-,11+,15-,16-/m0/s1.